The van der Waals surface area contributed by atoms with E-state index in [9.17, 15) is 9.59 Å². The molecule has 0 aliphatic heterocycles. The number of nitrogens with zero attached hydrogens (tertiary/aromatic N) is 1. The van der Waals surface area contributed by atoms with E-state index < -0.39 is 12.9 Å². The fourth-order valence-corrected chi connectivity index (χ4v) is 3.86. The van der Waals surface area contributed by atoms with E-state index in [2.05, 4.69) is 15.6 Å². The molecular formula is C25H26N4O3S. The largest absolute Gasteiger partial charge is 0.494 e. The number of carbonyl (C=O) groups excluding carboxylic acids is 2. The second kappa shape index (κ2) is 9.95. The van der Waals surface area contributed by atoms with Crippen LogP contribution >= 0.6 is 11.8 Å². The maximum absolute atomic E-state index is 12.8. The van der Waals surface area contributed by atoms with E-state index in [1.54, 1.807) is 24.9 Å². The van der Waals surface area contributed by atoms with E-state index in [4.69, 9.17) is 8.85 Å². The molecule has 0 spiro atoms. The van der Waals surface area contributed by atoms with Crippen molar-refractivity contribution >= 4 is 40.8 Å². The summed E-state index contributed by atoms with van der Waals surface area (Å²) in [6, 6.07) is 15.1. The SMILES string of the molecule is [2H]C([2H])([2H])NC(=O)c1cnc(NC(=O)C2CC2)cc1Nc1cccc(-c2ccc(SC)cc2)c1OC. The van der Waals surface area contributed by atoms with Gasteiger partial charge in [0.05, 0.1) is 24.0 Å². The van der Waals surface area contributed by atoms with E-state index in [0.717, 1.165) is 28.9 Å². The minimum atomic E-state index is -2.67. The van der Waals surface area contributed by atoms with E-state index in [1.807, 2.05) is 48.0 Å². The molecule has 1 aliphatic rings. The van der Waals surface area contributed by atoms with Crippen molar-refractivity contribution in [1.82, 2.24) is 10.3 Å². The molecule has 0 saturated heterocycles. The molecule has 0 bridgehead atoms. The summed E-state index contributed by atoms with van der Waals surface area (Å²) in [6.45, 7) is -2.67. The molecule has 1 fully saturated rings. The number of nitrogens with one attached hydrogen (secondary N) is 3. The number of ether oxygens (including phenoxy) is 1. The third-order valence-electron chi connectivity index (χ3n) is 5.35. The fraction of sp³-hybridized carbons (Fsp3) is 0.240. The van der Waals surface area contributed by atoms with Gasteiger partial charge in [-0.15, -0.1) is 11.8 Å². The van der Waals surface area contributed by atoms with Gasteiger partial charge >= 0.3 is 0 Å². The topological polar surface area (TPSA) is 92.4 Å². The van der Waals surface area contributed by atoms with Gasteiger partial charge in [0.1, 0.15) is 11.6 Å². The normalized spacial score (nSPS) is 14.4. The van der Waals surface area contributed by atoms with Crippen molar-refractivity contribution in [1.29, 1.82) is 0 Å². The van der Waals surface area contributed by atoms with Crippen molar-refractivity contribution < 1.29 is 18.4 Å². The van der Waals surface area contributed by atoms with E-state index in [1.165, 1.54) is 12.3 Å². The van der Waals surface area contributed by atoms with Crippen LogP contribution in [0.25, 0.3) is 11.1 Å². The molecule has 0 unspecified atom stereocenters. The lowest BCUT2D eigenvalue weighted by atomic mass is 10.0. The summed E-state index contributed by atoms with van der Waals surface area (Å²) in [5.41, 5.74) is 2.61. The first-order valence-electron chi connectivity index (χ1n) is 11.9. The number of aromatic nitrogens is 1. The molecule has 0 atom stereocenters. The molecule has 3 N–H and O–H groups in total. The summed E-state index contributed by atoms with van der Waals surface area (Å²) in [5, 5.41) is 7.93. The monoisotopic (exact) mass is 465 g/mol. The van der Waals surface area contributed by atoms with Gasteiger partial charge in [-0.3, -0.25) is 9.59 Å². The molecule has 4 rings (SSSR count). The molecular weight excluding hydrogens is 436 g/mol. The fourth-order valence-electron chi connectivity index (χ4n) is 3.45. The molecule has 33 heavy (non-hydrogen) atoms. The van der Waals surface area contributed by atoms with Crippen LogP contribution < -0.4 is 20.7 Å². The van der Waals surface area contributed by atoms with Crippen molar-refractivity contribution in [2.24, 2.45) is 5.92 Å². The van der Waals surface area contributed by atoms with Crippen LogP contribution in [0.5, 0.6) is 5.75 Å². The number of methoxy groups -OCH3 is 1. The number of amides is 2. The van der Waals surface area contributed by atoms with E-state index in [0.29, 0.717) is 11.4 Å². The molecule has 1 aromatic heterocycles. The molecule has 170 valence electrons. The quantitative estimate of drug-likeness (QED) is 0.409. The predicted octanol–water partition coefficient (Wildman–Crippen LogP) is 4.93. The molecule has 7 nitrogen and oxygen atoms in total. The summed E-state index contributed by atoms with van der Waals surface area (Å²) in [4.78, 5) is 30.3. The Labute approximate surface area is 201 Å². The highest BCUT2D eigenvalue weighted by Gasteiger charge is 2.30. The van der Waals surface area contributed by atoms with Gasteiger partial charge in [0, 0.05) is 39.7 Å². The van der Waals surface area contributed by atoms with Gasteiger partial charge in [-0.1, -0.05) is 24.3 Å². The van der Waals surface area contributed by atoms with Crippen molar-refractivity contribution in [3.05, 3.63) is 60.3 Å². The molecule has 3 aromatic rings. The zero-order chi connectivity index (χ0) is 25.9. The predicted molar refractivity (Wildman–Crippen MR) is 132 cm³/mol. The minimum Gasteiger partial charge on any atom is -0.494 e. The molecule has 2 amide bonds. The van der Waals surface area contributed by atoms with Crippen LogP contribution in [-0.4, -0.2) is 37.1 Å². The first kappa shape index (κ1) is 19.0. The Kier molecular flexibility index (Phi) is 5.73. The van der Waals surface area contributed by atoms with E-state index in [-0.39, 0.29) is 28.9 Å². The lowest BCUT2D eigenvalue weighted by Crippen LogP contribution is -2.20. The van der Waals surface area contributed by atoms with Crippen molar-refractivity contribution in [3.8, 4) is 16.9 Å². The highest BCUT2D eigenvalue weighted by molar-refractivity contribution is 7.98. The van der Waals surface area contributed by atoms with Gasteiger partial charge in [-0.25, -0.2) is 4.98 Å². The Hall–Kier alpha value is -3.52. The lowest BCUT2D eigenvalue weighted by molar-refractivity contribution is -0.117. The Balaban J connectivity index is 1.72. The summed E-state index contributed by atoms with van der Waals surface area (Å²) in [7, 11) is 1.55. The zero-order valence-corrected chi connectivity index (χ0v) is 19.1. The van der Waals surface area contributed by atoms with Gasteiger partial charge in [-0.2, -0.15) is 0 Å². The highest BCUT2D eigenvalue weighted by Crippen LogP contribution is 2.39. The van der Waals surface area contributed by atoms with Crippen LogP contribution in [0.2, 0.25) is 0 Å². The van der Waals surface area contributed by atoms with E-state index >= 15 is 0 Å². The zero-order valence-electron chi connectivity index (χ0n) is 21.3. The second-order valence-corrected chi connectivity index (χ2v) is 8.45. The van der Waals surface area contributed by atoms with Crippen molar-refractivity contribution in [3.63, 3.8) is 0 Å². The number of anilines is 3. The maximum atomic E-state index is 12.8. The van der Waals surface area contributed by atoms with Gasteiger partial charge in [0.25, 0.3) is 5.91 Å². The third-order valence-corrected chi connectivity index (χ3v) is 6.09. The molecule has 0 radical (unpaired) electrons. The molecule has 1 saturated carbocycles. The maximum Gasteiger partial charge on any atom is 0.254 e. The average molecular weight is 466 g/mol. The number of para-hydroxylation sites is 1. The van der Waals surface area contributed by atoms with Crippen LogP contribution in [0.3, 0.4) is 0 Å². The van der Waals surface area contributed by atoms with Crippen molar-refractivity contribution in [2.75, 3.05) is 31.0 Å². The average Bonchev–Trinajstić information content (AvgIpc) is 3.69. The van der Waals surface area contributed by atoms with Crippen LogP contribution in [0, 0.1) is 5.92 Å². The Morgan fingerprint density at radius 1 is 1.15 bits per heavy atom. The van der Waals surface area contributed by atoms with Gasteiger partial charge in [-0.05, 0) is 42.9 Å². The number of hydrogen-bond acceptors (Lipinski definition) is 6. The number of rotatable bonds is 8. The minimum absolute atomic E-state index is 0.00678. The van der Waals surface area contributed by atoms with Crippen LogP contribution in [-0.2, 0) is 4.79 Å². The Morgan fingerprint density at radius 2 is 1.94 bits per heavy atom. The summed E-state index contributed by atoms with van der Waals surface area (Å²) in [6.07, 6.45) is 4.91. The van der Waals surface area contributed by atoms with Gasteiger partial charge in [0.2, 0.25) is 5.91 Å². The number of pyridine rings is 1. The Morgan fingerprint density at radius 3 is 2.61 bits per heavy atom. The molecule has 2 aromatic carbocycles. The summed E-state index contributed by atoms with van der Waals surface area (Å²) >= 11 is 1.65. The first-order chi connectivity index (χ1) is 17.2. The number of hydrogen-bond donors (Lipinski definition) is 3. The number of thioether (sulfide) groups is 1. The molecule has 8 heteroatoms. The Bertz CT molecular complexity index is 1280. The number of carbonyl (C=O) groups is 2. The van der Waals surface area contributed by atoms with Crippen LogP contribution in [0.1, 0.15) is 27.3 Å². The van der Waals surface area contributed by atoms with Crippen LogP contribution in [0.15, 0.2) is 59.6 Å². The van der Waals surface area contributed by atoms with Gasteiger partial charge < -0.3 is 20.7 Å². The first-order valence-corrected chi connectivity index (χ1v) is 11.6. The highest BCUT2D eigenvalue weighted by atomic mass is 32.2. The van der Waals surface area contributed by atoms with Gasteiger partial charge in [0.15, 0.2) is 0 Å². The summed E-state index contributed by atoms with van der Waals surface area (Å²) in [5.74, 6) is -0.204. The standard InChI is InChI=1S/C25H26N4O3S/c1-26-25(31)19-14-27-22(29-24(30)16-7-8-16)13-21(19)28-20-6-4-5-18(23(20)32-2)15-9-11-17(33-3)12-10-15/h4-6,9-14,16H,7-8H2,1-3H3,(H,26,31)(H2,27,28,29,30)/i1D3. The lowest BCUT2D eigenvalue weighted by Gasteiger charge is -2.18. The smallest absolute Gasteiger partial charge is 0.254 e. The number of benzene rings is 2. The van der Waals surface area contributed by atoms with Crippen LogP contribution in [0.4, 0.5) is 17.2 Å². The molecule has 1 heterocycles. The van der Waals surface area contributed by atoms with Crippen molar-refractivity contribution in [2.45, 2.75) is 17.7 Å². The second-order valence-electron chi connectivity index (χ2n) is 7.57. The third kappa shape index (κ3) is 5.12. The molecule has 1 aliphatic carbocycles. The summed E-state index contributed by atoms with van der Waals surface area (Å²) < 4.78 is 27.9.